The van der Waals surface area contributed by atoms with Crippen LogP contribution in [0.4, 0.5) is 0 Å². The van der Waals surface area contributed by atoms with Gasteiger partial charge in [0.2, 0.25) is 0 Å². The Kier molecular flexibility index (Phi) is 3.67. The molecule has 2 heterocycles. The first kappa shape index (κ1) is 13.5. The first-order chi connectivity index (χ1) is 9.04. The highest BCUT2D eigenvalue weighted by Crippen LogP contribution is 2.45. The van der Waals surface area contributed by atoms with Crippen LogP contribution in [0.1, 0.15) is 61.0 Å². The summed E-state index contributed by atoms with van der Waals surface area (Å²) in [6, 6.07) is 0. The van der Waals surface area contributed by atoms with Crippen molar-refractivity contribution in [3.05, 3.63) is 15.6 Å². The third-order valence-electron chi connectivity index (χ3n) is 4.06. The van der Waals surface area contributed by atoms with Crippen LogP contribution in [-0.4, -0.2) is 34.6 Å². The van der Waals surface area contributed by atoms with Crippen molar-refractivity contribution in [2.75, 3.05) is 19.6 Å². The van der Waals surface area contributed by atoms with Gasteiger partial charge in [0.1, 0.15) is 0 Å². The lowest BCUT2D eigenvalue weighted by Gasteiger charge is -2.16. The molecule has 0 radical (unpaired) electrons. The van der Waals surface area contributed by atoms with Crippen LogP contribution in [0.3, 0.4) is 0 Å². The van der Waals surface area contributed by atoms with Gasteiger partial charge in [0.15, 0.2) is 0 Å². The van der Waals surface area contributed by atoms with Gasteiger partial charge in [-0.15, -0.1) is 11.3 Å². The molecule has 0 amide bonds. The summed E-state index contributed by atoms with van der Waals surface area (Å²) >= 11 is 1.73. The molecule has 3 nitrogen and oxygen atoms in total. The van der Waals surface area contributed by atoms with Gasteiger partial charge in [0.05, 0.1) is 21.2 Å². The fraction of sp³-hybridized carbons (Fsp3) is 0.800. The summed E-state index contributed by atoms with van der Waals surface area (Å²) in [7, 11) is 0. The summed E-state index contributed by atoms with van der Waals surface area (Å²) in [6.45, 7) is 7.40. The Morgan fingerprint density at radius 3 is 2.58 bits per heavy atom. The van der Waals surface area contributed by atoms with Gasteiger partial charge in [0, 0.05) is 18.9 Å². The van der Waals surface area contributed by atoms with Crippen LogP contribution in [0.2, 0.25) is 0 Å². The average Bonchev–Trinajstić information content (AvgIpc) is 2.90. The molecule has 1 N–H and O–H groups in total. The summed E-state index contributed by atoms with van der Waals surface area (Å²) in [5, 5.41) is 11.5. The number of aliphatic hydroxyl groups is 1. The van der Waals surface area contributed by atoms with Crippen molar-refractivity contribution >= 4 is 11.3 Å². The third kappa shape index (κ3) is 3.18. The highest BCUT2D eigenvalue weighted by Gasteiger charge is 2.34. The molecule has 2 fully saturated rings. The van der Waals surface area contributed by atoms with Crippen LogP contribution >= 0.6 is 11.3 Å². The predicted octanol–water partition coefficient (Wildman–Crippen LogP) is 2.89. The molecule has 0 spiro atoms. The van der Waals surface area contributed by atoms with Gasteiger partial charge in [-0.2, -0.15) is 0 Å². The Morgan fingerprint density at radius 2 is 2.00 bits per heavy atom. The predicted molar refractivity (Wildman–Crippen MR) is 78.7 cm³/mol. The van der Waals surface area contributed by atoms with E-state index in [1.54, 1.807) is 11.3 Å². The van der Waals surface area contributed by atoms with E-state index < -0.39 is 5.60 Å². The number of hydrogen-bond donors (Lipinski definition) is 1. The van der Waals surface area contributed by atoms with Crippen LogP contribution in [0.5, 0.6) is 0 Å². The third-order valence-corrected chi connectivity index (χ3v) is 5.50. The maximum Gasteiger partial charge on any atom is 0.0951 e. The van der Waals surface area contributed by atoms with Crippen molar-refractivity contribution in [1.82, 2.24) is 9.88 Å². The van der Waals surface area contributed by atoms with Crippen molar-refractivity contribution in [2.24, 2.45) is 0 Å². The molecule has 0 atom stereocenters. The second-order valence-electron chi connectivity index (χ2n) is 6.45. The van der Waals surface area contributed by atoms with Crippen molar-refractivity contribution < 1.29 is 5.11 Å². The van der Waals surface area contributed by atoms with Crippen LogP contribution in [-0.2, 0) is 12.0 Å². The minimum Gasteiger partial charge on any atom is -0.385 e. The molecule has 0 unspecified atom stereocenters. The summed E-state index contributed by atoms with van der Waals surface area (Å²) in [4.78, 5) is 8.46. The molecule has 1 saturated heterocycles. The minimum atomic E-state index is -0.735. The largest absolute Gasteiger partial charge is 0.385 e. The highest BCUT2D eigenvalue weighted by atomic mass is 32.1. The van der Waals surface area contributed by atoms with Gasteiger partial charge >= 0.3 is 0 Å². The smallest absolute Gasteiger partial charge is 0.0951 e. The van der Waals surface area contributed by atoms with Crippen LogP contribution in [0, 0.1) is 0 Å². The molecule has 2 aliphatic rings. The van der Waals surface area contributed by atoms with E-state index in [0.717, 1.165) is 17.8 Å². The van der Waals surface area contributed by atoms with Crippen molar-refractivity contribution in [3.8, 4) is 0 Å². The molecule has 106 valence electrons. The fourth-order valence-electron chi connectivity index (χ4n) is 2.82. The zero-order valence-corrected chi connectivity index (χ0v) is 12.8. The second kappa shape index (κ2) is 5.15. The first-order valence-corrected chi connectivity index (χ1v) is 8.30. The Morgan fingerprint density at radius 1 is 1.32 bits per heavy atom. The summed E-state index contributed by atoms with van der Waals surface area (Å²) in [6.07, 6.45) is 6.23. The Balaban J connectivity index is 1.71. The topological polar surface area (TPSA) is 36.4 Å². The van der Waals surface area contributed by atoms with Gasteiger partial charge in [-0.05, 0) is 52.6 Å². The lowest BCUT2D eigenvalue weighted by Crippen LogP contribution is -2.21. The number of aromatic nitrogens is 1. The van der Waals surface area contributed by atoms with Gasteiger partial charge in [-0.25, -0.2) is 4.98 Å². The number of hydrogen-bond acceptors (Lipinski definition) is 4. The van der Waals surface area contributed by atoms with E-state index >= 15 is 0 Å². The molecule has 1 aliphatic carbocycles. The molecule has 0 aromatic carbocycles. The van der Waals surface area contributed by atoms with Crippen LogP contribution < -0.4 is 0 Å². The summed E-state index contributed by atoms with van der Waals surface area (Å²) < 4.78 is 0. The number of thiazole rings is 1. The average molecular weight is 280 g/mol. The van der Waals surface area contributed by atoms with Gasteiger partial charge < -0.3 is 10.0 Å². The van der Waals surface area contributed by atoms with Crippen LogP contribution in [0.15, 0.2) is 0 Å². The lowest BCUT2D eigenvalue weighted by atomic mass is 10.0. The Bertz CT molecular complexity index is 439. The standard InChI is InChI=1S/C15H24N2OS/c1-15(2,18)14-13(11-5-6-11)16-12(19-14)7-10-17-8-3-4-9-17/h11,18H,3-10H2,1-2H3. The molecule has 0 bridgehead atoms. The minimum absolute atomic E-state index is 0.623. The fourth-order valence-corrected chi connectivity index (χ4v) is 3.96. The van der Waals surface area contributed by atoms with Gasteiger partial charge in [-0.1, -0.05) is 0 Å². The van der Waals surface area contributed by atoms with E-state index in [4.69, 9.17) is 4.98 Å². The highest BCUT2D eigenvalue weighted by molar-refractivity contribution is 7.11. The molecule has 4 heteroatoms. The van der Waals surface area contributed by atoms with Crippen molar-refractivity contribution in [2.45, 2.75) is 57.5 Å². The quantitative estimate of drug-likeness (QED) is 0.901. The molecule has 1 aromatic heterocycles. The van der Waals surface area contributed by atoms with E-state index in [2.05, 4.69) is 4.90 Å². The number of rotatable bonds is 5. The first-order valence-electron chi connectivity index (χ1n) is 7.49. The molecular formula is C15H24N2OS. The van der Waals surface area contributed by atoms with Crippen molar-refractivity contribution in [3.63, 3.8) is 0 Å². The molecule has 1 aromatic rings. The maximum absolute atomic E-state index is 10.3. The van der Waals surface area contributed by atoms with E-state index in [9.17, 15) is 5.11 Å². The monoisotopic (exact) mass is 280 g/mol. The van der Waals surface area contributed by atoms with E-state index in [1.165, 1.54) is 49.5 Å². The lowest BCUT2D eigenvalue weighted by molar-refractivity contribution is 0.0813. The normalized spacial score (nSPS) is 21.2. The van der Waals surface area contributed by atoms with Crippen LogP contribution in [0.25, 0.3) is 0 Å². The van der Waals surface area contributed by atoms with Crippen molar-refractivity contribution in [1.29, 1.82) is 0 Å². The molecule has 19 heavy (non-hydrogen) atoms. The molecule has 1 aliphatic heterocycles. The van der Waals surface area contributed by atoms with E-state index in [1.807, 2.05) is 13.8 Å². The maximum atomic E-state index is 10.3. The zero-order chi connectivity index (χ0) is 13.5. The van der Waals surface area contributed by atoms with Gasteiger partial charge in [0.25, 0.3) is 0 Å². The van der Waals surface area contributed by atoms with E-state index in [0.29, 0.717) is 5.92 Å². The van der Waals surface area contributed by atoms with E-state index in [-0.39, 0.29) is 0 Å². The number of likely N-dealkylation sites (tertiary alicyclic amines) is 1. The Labute approximate surface area is 119 Å². The SMILES string of the molecule is CC(C)(O)c1sc(CCN2CCCC2)nc1C1CC1. The summed E-state index contributed by atoms with van der Waals surface area (Å²) in [5.41, 5.74) is 0.454. The molecule has 1 saturated carbocycles. The summed E-state index contributed by atoms with van der Waals surface area (Å²) in [5.74, 6) is 0.623. The molecule has 3 rings (SSSR count). The Hall–Kier alpha value is -0.450. The second-order valence-corrected chi connectivity index (χ2v) is 7.54. The number of nitrogens with zero attached hydrogens (tertiary/aromatic N) is 2. The van der Waals surface area contributed by atoms with Gasteiger partial charge in [-0.3, -0.25) is 0 Å². The zero-order valence-electron chi connectivity index (χ0n) is 12.0. The molecular weight excluding hydrogens is 256 g/mol.